The highest BCUT2D eigenvalue weighted by Crippen LogP contribution is 2.42. The van der Waals surface area contributed by atoms with Crippen molar-refractivity contribution in [2.24, 2.45) is 16.2 Å². The molecule has 3 nitrogen and oxygen atoms in total. The van der Waals surface area contributed by atoms with Crippen LogP contribution in [0, 0.1) is 17.2 Å². The fraction of sp³-hybridized carbons (Fsp3) is 0.600. The number of hydrogen-bond acceptors (Lipinski definition) is 6. The van der Waals surface area contributed by atoms with Gasteiger partial charge >= 0.3 is 0 Å². The molecule has 0 bridgehead atoms. The molecule has 1 aliphatic rings. The van der Waals surface area contributed by atoms with Crippen LogP contribution in [0.5, 0.6) is 0 Å². The Morgan fingerprint density at radius 2 is 1.50 bits per heavy atom. The molecule has 0 aromatic carbocycles. The first-order valence-corrected chi connectivity index (χ1v) is 17.7. The van der Waals surface area contributed by atoms with E-state index in [0.29, 0.717) is 23.3 Å². The van der Waals surface area contributed by atoms with E-state index in [1.165, 1.54) is 74.9 Å². The molecular formula is C30H43Br2N3S3. The van der Waals surface area contributed by atoms with Crippen molar-refractivity contribution >= 4 is 84.3 Å². The van der Waals surface area contributed by atoms with Crippen LogP contribution in [-0.4, -0.2) is 23.4 Å². The number of thiol groups is 1. The summed E-state index contributed by atoms with van der Waals surface area (Å²) < 4.78 is 6.77. The number of hydrogen-bond donors (Lipinski definition) is 2. The van der Waals surface area contributed by atoms with Crippen molar-refractivity contribution in [1.82, 2.24) is 4.90 Å². The Balaban J connectivity index is 1.86. The molecule has 3 unspecified atom stereocenters. The van der Waals surface area contributed by atoms with Gasteiger partial charge in [-0.15, -0.1) is 22.7 Å². The number of allylic oxidation sites excluding steroid dienone is 1. The number of rotatable bonds is 14. The smallest absolute Gasteiger partial charge is 0.108 e. The molecule has 3 heterocycles. The quantitative estimate of drug-likeness (QED) is 0.189. The van der Waals surface area contributed by atoms with Gasteiger partial charge in [-0.25, -0.2) is 4.40 Å². The maximum absolute atomic E-state index is 9.15. The summed E-state index contributed by atoms with van der Waals surface area (Å²) in [5.41, 5.74) is 4.85. The van der Waals surface area contributed by atoms with Gasteiger partial charge in [-0.3, -0.25) is 5.41 Å². The minimum Gasteiger partial charge on any atom is -0.366 e. The van der Waals surface area contributed by atoms with Crippen molar-refractivity contribution in [2.45, 2.75) is 97.9 Å². The molecule has 0 aliphatic carbocycles. The van der Waals surface area contributed by atoms with E-state index in [1.54, 1.807) is 22.7 Å². The van der Waals surface area contributed by atoms with Crippen LogP contribution in [0.2, 0.25) is 0 Å². The van der Waals surface area contributed by atoms with Gasteiger partial charge in [0.15, 0.2) is 0 Å². The first-order chi connectivity index (χ1) is 18.3. The standard InChI is InChI=1S/C30H43Br2N3S3/c1-6-10-12-19(8-3)14-21-16-24(37-29(21)31)23-18-35(5)28(27(34-36)26(23)33)25-17-22(30(32)38-25)15-20(9-4)13-11-7-2/h16-20,28,33,36H,6-15H2,1-5H3. The Morgan fingerprint density at radius 3 is 2.03 bits per heavy atom. The summed E-state index contributed by atoms with van der Waals surface area (Å²) in [7, 11) is 2.10. The molecule has 0 spiro atoms. The van der Waals surface area contributed by atoms with E-state index in [1.807, 2.05) is 0 Å². The molecule has 0 radical (unpaired) electrons. The summed E-state index contributed by atoms with van der Waals surface area (Å²) >= 11 is 15.6. The average Bonchev–Trinajstić information content (AvgIpc) is 3.45. The zero-order valence-corrected chi connectivity index (χ0v) is 29.1. The lowest BCUT2D eigenvalue weighted by Gasteiger charge is -2.33. The van der Waals surface area contributed by atoms with Crippen molar-refractivity contribution in [2.75, 3.05) is 7.05 Å². The Labute approximate surface area is 260 Å². The van der Waals surface area contributed by atoms with Crippen molar-refractivity contribution in [1.29, 1.82) is 5.41 Å². The number of thiophene rings is 2. The van der Waals surface area contributed by atoms with E-state index in [-0.39, 0.29) is 6.04 Å². The fourth-order valence-electron chi connectivity index (χ4n) is 5.33. The summed E-state index contributed by atoms with van der Waals surface area (Å²) in [6.45, 7) is 9.14. The summed E-state index contributed by atoms with van der Waals surface area (Å²) in [4.78, 5) is 4.54. The predicted octanol–water partition coefficient (Wildman–Crippen LogP) is 11.2. The predicted molar refractivity (Wildman–Crippen MR) is 181 cm³/mol. The SMILES string of the molecule is CCCCC(CC)Cc1cc(C2=CN(C)C(c3cc(CC(CC)CCCC)c(Br)s3)C(=NS)C2=N)sc1Br. The second kappa shape index (κ2) is 15.6. The van der Waals surface area contributed by atoms with Crippen molar-refractivity contribution in [3.63, 3.8) is 0 Å². The van der Waals surface area contributed by atoms with Gasteiger partial charge in [0.1, 0.15) is 11.8 Å². The molecule has 1 N–H and O–H groups in total. The van der Waals surface area contributed by atoms with Crippen molar-refractivity contribution < 1.29 is 0 Å². The highest BCUT2D eigenvalue weighted by atomic mass is 79.9. The maximum Gasteiger partial charge on any atom is 0.108 e. The molecule has 1 aliphatic heterocycles. The van der Waals surface area contributed by atoms with Gasteiger partial charge in [0.25, 0.3) is 0 Å². The average molecular weight is 702 g/mol. The lowest BCUT2D eigenvalue weighted by Crippen LogP contribution is -2.36. The van der Waals surface area contributed by atoms with Gasteiger partial charge in [0.2, 0.25) is 0 Å². The molecule has 0 saturated carbocycles. The molecular weight excluding hydrogens is 658 g/mol. The first-order valence-electron chi connectivity index (χ1n) is 14.1. The molecule has 8 heteroatoms. The highest BCUT2D eigenvalue weighted by Gasteiger charge is 2.34. The topological polar surface area (TPSA) is 39.5 Å². The number of halogens is 2. The number of nitrogens with zero attached hydrogens (tertiary/aromatic N) is 2. The largest absolute Gasteiger partial charge is 0.366 e. The van der Waals surface area contributed by atoms with Crippen LogP contribution in [0.15, 0.2) is 30.3 Å². The lowest BCUT2D eigenvalue weighted by molar-refractivity contribution is 0.420. The second-order valence-electron chi connectivity index (χ2n) is 10.6. The third-order valence-electron chi connectivity index (χ3n) is 7.80. The summed E-state index contributed by atoms with van der Waals surface area (Å²) in [6, 6.07) is 4.52. The highest BCUT2D eigenvalue weighted by molar-refractivity contribution is 9.11. The first kappa shape index (κ1) is 32.1. The van der Waals surface area contributed by atoms with Crippen LogP contribution in [0.1, 0.15) is 106 Å². The third-order valence-corrected chi connectivity index (χ3v) is 12.0. The minimum atomic E-state index is -0.101. The molecule has 0 saturated heterocycles. The fourth-order valence-corrected chi connectivity index (χ4v) is 9.17. The van der Waals surface area contributed by atoms with Crippen LogP contribution >= 0.6 is 67.3 Å². The van der Waals surface area contributed by atoms with E-state index in [4.69, 9.17) is 5.41 Å². The molecule has 0 amide bonds. The van der Waals surface area contributed by atoms with Crippen LogP contribution in [0.3, 0.4) is 0 Å². The molecule has 2 aromatic heterocycles. The van der Waals surface area contributed by atoms with E-state index >= 15 is 0 Å². The van der Waals surface area contributed by atoms with Gasteiger partial charge in [0, 0.05) is 28.6 Å². The summed E-state index contributed by atoms with van der Waals surface area (Å²) in [5, 5.41) is 9.15. The van der Waals surface area contributed by atoms with Gasteiger partial charge < -0.3 is 4.90 Å². The maximum atomic E-state index is 9.15. The van der Waals surface area contributed by atoms with Crippen LogP contribution in [0.25, 0.3) is 5.57 Å². The Hall–Kier alpha value is -0.410. The van der Waals surface area contributed by atoms with Gasteiger partial charge in [0.05, 0.1) is 13.3 Å². The zero-order valence-electron chi connectivity index (χ0n) is 23.4. The van der Waals surface area contributed by atoms with Crippen LogP contribution in [0.4, 0.5) is 0 Å². The Morgan fingerprint density at radius 1 is 0.947 bits per heavy atom. The molecule has 2 aromatic rings. The van der Waals surface area contributed by atoms with Gasteiger partial charge in [-0.05, 0) is 92.6 Å². The monoisotopic (exact) mass is 699 g/mol. The van der Waals surface area contributed by atoms with E-state index in [9.17, 15) is 0 Å². The molecule has 210 valence electrons. The summed E-state index contributed by atoms with van der Waals surface area (Å²) in [6.07, 6.45) is 14.4. The Bertz CT molecular complexity index is 1130. The van der Waals surface area contributed by atoms with E-state index in [2.05, 4.69) is 107 Å². The summed E-state index contributed by atoms with van der Waals surface area (Å²) in [5.74, 6) is 1.41. The molecule has 38 heavy (non-hydrogen) atoms. The van der Waals surface area contributed by atoms with Crippen molar-refractivity contribution in [3.05, 3.63) is 46.8 Å². The van der Waals surface area contributed by atoms with Gasteiger partial charge in [-0.1, -0.05) is 79.1 Å². The molecule has 3 rings (SSSR count). The number of unbranched alkanes of at least 4 members (excludes halogenated alkanes) is 2. The zero-order chi connectivity index (χ0) is 27.8. The third kappa shape index (κ3) is 7.86. The molecule has 0 fully saturated rings. The number of nitrogens with one attached hydrogen (secondary N) is 1. The second-order valence-corrected chi connectivity index (χ2v) is 15.5. The van der Waals surface area contributed by atoms with Crippen molar-refractivity contribution in [3.8, 4) is 0 Å². The van der Waals surface area contributed by atoms with Crippen LogP contribution < -0.4 is 0 Å². The Kier molecular flexibility index (Phi) is 13.1. The van der Waals surface area contributed by atoms with E-state index in [0.717, 1.165) is 23.3 Å². The minimum absolute atomic E-state index is 0.101. The molecule has 3 atom stereocenters. The van der Waals surface area contributed by atoms with Gasteiger partial charge in [-0.2, -0.15) is 0 Å². The van der Waals surface area contributed by atoms with Crippen LogP contribution in [-0.2, 0) is 12.8 Å². The lowest BCUT2D eigenvalue weighted by atomic mass is 9.91. The van der Waals surface area contributed by atoms with E-state index < -0.39 is 0 Å². The normalized spacial score (nSPS) is 18.8.